The molecule has 0 radical (unpaired) electrons. The summed E-state index contributed by atoms with van der Waals surface area (Å²) in [4.78, 5) is 19.8. The van der Waals surface area contributed by atoms with Crippen LogP contribution < -0.4 is 11.1 Å². The van der Waals surface area contributed by atoms with Gasteiger partial charge in [0.1, 0.15) is 12.9 Å². The van der Waals surface area contributed by atoms with E-state index in [1.807, 2.05) is 34.7 Å². The molecule has 0 aliphatic rings. The van der Waals surface area contributed by atoms with Crippen molar-refractivity contribution in [3.05, 3.63) is 0 Å². The van der Waals surface area contributed by atoms with E-state index >= 15 is 0 Å². The molecule has 6 heteroatoms. The van der Waals surface area contributed by atoms with E-state index in [1.165, 1.54) is 25.7 Å². The molecule has 0 rings (SSSR count). The first-order chi connectivity index (χ1) is 16.6. The fourth-order valence-corrected chi connectivity index (χ4v) is 3.30. The fourth-order valence-electron chi connectivity index (χ4n) is 3.30. The maximum Gasteiger partial charge on any atom is 0.243 e. The van der Waals surface area contributed by atoms with Gasteiger partial charge in [0.05, 0.1) is 0 Å². The summed E-state index contributed by atoms with van der Waals surface area (Å²) in [5.74, 6) is 0.823. The number of primary amides is 1. The molecular weight excluding hydrogens is 452 g/mol. The summed E-state index contributed by atoms with van der Waals surface area (Å²) in [5.41, 5.74) is 4.95. The molecule has 5 N–H and O–H groups in total. The Bertz CT molecular complexity index is 410. The van der Waals surface area contributed by atoms with Crippen molar-refractivity contribution in [1.82, 2.24) is 5.32 Å². The number of amides is 1. The van der Waals surface area contributed by atoms with E-state index in [1.54, 1.807) is 0 Å². The SMILES string of the molecule is CC.CC.CC(C)CCO.CCCC(C)(C)CC(C)(C)CC=O.CNCCCC(C)C.NC(=O)CO. The van der Waals surface area contributed by atoms with Crippen LogP contribution in [0.25, 0.3) is 0 Å². The molecule has 1 amide bonds. The summed E-state index contributed by atoms with van der Waals surface area (Å²) in [6.45, 7) is 28.8. The molecule has 0 aromatic heterocycles. The van der Waals surface area contributed by atoms with Gasteiger partial charge in [-0.25, -0.2) is 0 Å². The molecule has 0 spiro atoms. The van der Waals surface area contributed by atoms with E-state index in [9.17, 15) is 9.59 Å². The average Bonchev–Trinajstić information content (AvgIpc) is 2.76. The molecule has 224 valence electrons. The zero-order valence-corrected chi connectivity index (χ0v) is 27.1. The summed E-state index contributed by atoms with van der Waals surface area (Å²) < 4.78 is 0. The first-order valence-corrected chi connectivity index (χ1v) is 14.2. The van der Waals surface area contributed by atoms with E-state index < -0.39 is 12.5 Å². The van der Waals surface area contributed by atoms with E-state index in [-0.39, 0.29) is 5.41 Å². The Morgan fingerprint density at radius 3 is 1.56 bits per heavy atom. The largest absolute Gasteiger partial charge is 0.396 e. The molecule has 6 nitrogen and oxygen atoms in total. The van der Waals surface area contributed by atoms with Crippen molar-refractivity contribution < 1.29 is 19.8 Å². The fraction of sp³-hybridized carbons (Fsp3) is 0.933. The zero-order chi connectivity index (χ0) is 30.2. The molecule has 0 heterocycles. The van der Waals surface area contributed by atoms with E-state index in [0.717, 1.165) is 31.6 Å². The number of aldehydes is 1. The molecule has 0 aromatic rings. The standard InChI is InChI=1S/C12H24O.C7H17N.C5H12O.C2H5NO2.2C2H6/c1-6-7-11(2,3)10-12(4,5)8-9-13;1-7(2)5-4-6-8-3;1-5(2)3-4-6;3-2(5)1-4;2*1-2/h9H,6-8,10H2,1-5H3;7-8H,4-6H2,1-3H3;5-6H,3-4H2,1-2H3;4H,1H2,(H2,3,5);2*1-2H3. The second kappa shape index (κ2) is 36.2. The molecule has 0 aliphatic heterocycles. The highest BCUT2D eigenvalue weighted by atomic mass is 16.3. The minimum absolute atomic E-state index is 0.167. The molecule has 0 atom stereocenters. The van der Waals surface area contributed by atoms with Crippen molar-refractivity contribution >= 4 is 12.2 Å². The van der Waals surface area contributed by atoms with Crippen LogP contribution in [0.4, 0.5) is 0 Å². The van der Waals surface area contributed by atoms with Crippen molar-refractivity contribution in [2.45, 2.75) is 135 Å². The number of aliphatic hydroxyl groups is 2. The minimum Gasteiger partial charge on any atom is -0.396 e. The number of hydrogen-bond donors (Lipinski definition) is 4. The Hall–Kier alpha value is -0.980. The van der Waals surface area contributed by atoms with Gasteiger partial charge in [-0.2, -0.15) is 0 Å². The van der Waals surface area contributed by atoms with Crippen LogP contribution in [0.5, 0.6) is 0 Å². The first-order valence-electron chi connectivity index (χ1n) is 14.2. The Labute approximate surface area is 227 Å². The van der Waals surface area contributed by atoms with Crippen LogP contribution in [-0.2, 0) is 9.59 Å². The average molecular weight is 523 g/mol. The molecule has 0 aliphatic carbocycles. The Balaban J connectivity index is -0.0000000845. The maximum atomic E-state index is 10.5. The lowest BCUT2D eigenvalue weighted by atomic mass is 9.72. The van der Waals surface area contributed by atoms with Crippen LogP contribution >= 0.6 is 0 Å². The van der Waals surface area contributed by atoms with E-state index in [2.05, 4.69) is 73.4 Å². The number of carbonyl (C=O) groups excluding carboxylic acids is 2. The normalized spacial score (nSPS) is 10.1. The van der Waals surface area contributed by atoms with Crippen LogP contribution in [0.3, 0.4) is 0 Å². The Morgan fingerprint density at radius 1 is 0.917 bits per heavy atom. The summed E-state index contributed by atoms with van der Waals surface area (Å²) in [6.07, 6.45) is 8.92. The molecule has 0 bridgehead atoms. The first kappa shape index (κ1) is 48.1. The summed E-state index contributed by atoms with van der Waals surface area (Å²) in [5, 5.41) is 19.0. The van der Waals surface area contributed by atoms with E-state index in [4.69, 9.17) is 10.2 Å². The smallest absolute Gasteiger partial charge is 0.243 e. The summed E-state index contributed by atoms with van der Waals surface area (Å²) >= 11 is 0. The highest BCUT2D eigenvalue weighted by Gasteiger charge is 2.27. The Morgan fingerprint density at radius 2 is 1.33 bits per heavy atom. The number of rotatable bonds is 13. The van der Waals surface area contributed by atoms with Crippen molar-refractivity contribution in [1.29, 1.82) is 0 Å². The maximum absolute atomic E-state index is 10.5. The van der Waals surface area contributed by atoms with Crippen molar-refractivity contribution in [3.8, 4) is 0 Å². The van der Waals surface area contributed by atoms with Crippen LogP contribution in [0.2, 0.25) is 0 Å². The second-order valence-corrected chi connectivity index (χ2v) is 10.8. The van der Waals surface area contributed by atoms with Gasteiger partial charge in [-0.1, -0.05) is 96.4 Å². The van der Waals surface area contributed by atoms with Gasteiger partial charge in [0, 0.05) is 13.0 Å². The van der Waals surface area contributed by atoms with Crippen LogP contribution in [-0.4, -0.2) is 49.2 Å². The third-order valence-corrected chi connectivity index (χ3v) is 4.59. The van der Waals surface area contributed by atoms with Gasteiger partial charge in [-0.05, 0) is 68.4 Å². The lowest BCUT2D eigenvalue weighted by molar-refractivity contribution is -0.120. The predicted molar refractivity (Wildman–Crippen MR) is 161 cm³/mol. The van der Waals surface area contributed by atoms with Gasteiger partial charge in [-0.15, -0.1) is 0 Å². The summed E-state index contributed by atoms with van der Waals surface area (Å²) in [6, 6.07) is 0. The monoisotopic (exact) mass is 523 g/mol. The van der Waals surface area contributed by atoms with Crippen LogP contribution in [0, 0.1) is 22.7 Å². The number of nitrogens with two attached hydrogens (primary N) is 1. The molecule has 0 unspecified atom stereocenters. The predicted octanol–water partition coefficient (Wildman–Crippen LogP) is 7.00. The van der Waals surface area contributed by atoms with Crippen LogP contribution in [0.15, 0.2) is 0 Å². The number of carbonyl (C=O) groups is 2. The lowest BCUT2D eigenvalue weighted by Gasteiger charge is -2.33. The molecule has 36 heavy (non-hydrogen) atoms. The molecular formula is C30H70N2O4. The van der Waals surface area contributed by atoms with Gasteiger partial charge in [-0.3, -0.25) is 4.79 Å². The molecule has 0 aromatic carbocycles. The van der Waals surface area contributed by atoms with Gasteiger partial charge in [0.25, 0.3) is 0 Å². The van der Waals surface area contributed by atoms with Crippen molar-refractivity contribution in [3.63, 3.8) is 0 Å². The molecule has 0 saturated carbocycles. The van der Waals surface area contributed by atoms with Gasteiger partial charge >= 0.3 is 0 Å². The lowest BCUT2D eigenvalue weighted by Crippen LogP contribution is -2.23. The van der Waals surface area contributed by atoms with Gasteiger partial charge in [0.2, 0.25) is 5.91 Å². The molecule has 0 saturated heterocycles. The number of aliphatic hydroxyl groups excluding tert-OH is 2. The number of nitrogens with one attached hydrogen (secondary N) is 1. The van der Waals surface area contributed by atoms with Crippen LogP contribution in [0.1, 0.15) is 135 Å². The molecule has 0 fully saturated rings. The quantitative estimate of drug-likeness (QED) is 0.154. The zero-order valence-electron chi connectivity index (χ0n) is 27.1. The minimum atomic E-state index is -0.690. The number of hydrogen-bond acceptors (Lipinski definition) is 5. The topological polar surface area (TPSA) is 113 Å². The highest BCUT2D eigenvalue weighted by molar-refractivity contribution is 5.74. The van der Waals surface area contributed by atoms with Gasteiger partial charge < -0.3 is 26.1 Å². The van der Waals surface area contributed by atoms with Crippen molar-refractivity contribution in [2.75, 3.05) is 26.8 Å². The summed E-state index contributed by atoms with van der Waals surface area (Å²) in [7, 11) is 2.00. The Kier molecular flexibility index (Phi) is 48.4. The third-order valence-electron chi connectivity index (χ3n) is 4.59. The highest BCUT2D eigenvalue weighted by Crippen LogP contribution is 2.38. The van der Waals surface area contributed by atoms with Crippen molar-refractivity contribution in [2.24, 2.45) is 28.4 Å². The third kappa shape index (κ3) is 63.9. The van der Waals surface area contributed by atoms with Gasteiger partial charge in [0.15, 0.2) is 0 Å². The van der Waals surface area contributed by atoms with E-state index in [0.29, 0.717) is 24.4 Å². The second-order valence-electron chi connectivity index (χ2n) is 10.8.